The van der Waals surface area contributed by atoms with Crippen LogP contribution in [0.15, 0.2) is 60.7 Å². The van der Waals surface area contributed by atoms with Gasteiger partial charge in [0.2, 0.25) is 0 Å². The van der Waals surface area contributed by atoms with Crippen LogP contribution in [0.4, 0.5) is 0 Å². The van der Waals surface area contributed by atoms with Crippen molar-refractivity contribution in [3.8, 4) is 0 Å². The summed E-state index contributed by atoms with van der Waals surface area (Å²) in [5, 5.41) is 2.42. The van der Waals surface area contributed by atoms with E-state index in [1.165, 1.54) is 10.6 Å². The monoisotopic (exact) mass is 298 g/mol. The van der Waals surface area contributed by atoms with Gasteiger partial charge >= 0.3 is 0 Å². The minimum Gasteiger partial charge on any atom is -0.303 e. The lowest BCUT2D eigenvalue weighted by atomic mass is 10.2. The van der Waals surface area contributed by atoms with Crippen LogP contribution in [-0.2, 0) is 9.59 Å². The maximum Gasteiger partial charge on any atom is 0.127 e. The highest BCUT2D eigenvalue weighted by atomic mass is 31.1. The molecule has 0 bridgehead atoms. The van der Waals surface area contributed by atoms with E-state index in [9.17, 15) is 9.59 Å². The molecule has 0 aromatic heterocycles. The van der Waals surface area contributed by atoms with E-state index >= 15 is 0 Å². The Bertz CT molecular complexity index is 514. The number of hydrogen-bond acceptors (Lipinski definition) is 2. The fraction of sp³-hybridized carbons (Fsp3) is 0.222. The lowest BCUT2D eigenvalue weighted by Gasteiger charge is -2.24. The molecule has 2 nitrogen and oxygen atoms in total. The molecular weight excluding hydrogens is 279 g/mol. The number of carbonyl (C=O) groups is 2. The predicted molar refractivity (Wildman–Crippen MR) is 88.8 cm³/mol. The molecule has 3 heteroatoms. The summed E-state index contributed by atoms with van der Waals surface area (Å²) in [4.78, 5) is 22.1. The Morgan fingerprint density at radius 3 is 1.81 bits per heavy atom. The Hall–Kier alpha value is -1.79. The molecule has 0 saturated heterocycles. The van der Waals surface area contributed by atoms with Crippen molar-refractivity contribution < 1.29 is 9.59 Å². The van der Waals surface area contributed by atoms with Crippen LogP contribution in [0.2, 0.25) is 0 Å². The highest BCUT2D eigenvalue weighted by Crippen LogP contribution is 2.40. The van der Waals surface area contributed by atoms with Crippen molar-refractivity contribution in [2.24, 2.45) is 0 Å². The van der Waals surface area contributed by atoms with Crippen LogP contribution in [0.5, 0.6) is 0 Å². The van der Waals surface area contributed by atoms with Gasteiger partial charge in [0.15, 0.2) is 0 Å². The van der Waals surface area contributed by atoms with Gasteiger partial charge in [-0.3, -0.25) is 0 Å². The molecule has 0 aliphatic rings. The molecule has 0 spiro atoms. The zero-order valence-corrected chi connectivity index (χ0v) is 12.8. The van der Waals surface area contributed by atoms with E-state index in [1.54, 1.807) is 0 Å². The van der Waals surface area contributed by atoms with E-state index in [1.807, 2.05) is 36.4 Å². The number of rotatable bonds is 8. The smallest absolute Gasteiger partial charge is 0.127 e. The number of hydrogen-bond donors (Lipinski definition) is 0. The van der Waals surface area contributed by atoms with E-state index in [0.717, 1.165) is 25.4 Å². The van der Waals surface area contributed by atoms with Crippen LogP contribution < -0.4 is 10.6 Å². The molecule has 0 saturated carbocycles. The lowest BCUT2D eigenvalue weighted by molar-refractivity contribution is -0.109. The van der Waals surface area contributed by atoms with Crippen molar-refractivity contribution in [3.05, 3.63) is 60.7 Å². The minimum absolute atomic E-state index is 0.0373. The SMILES string of the molecule is O=CCCCC(C=O)P(c1ccccc1)c1ccccc1. The van der Waals surface area contributed by atoms with Gasteiger partial charge in [-0.05, 0) is 31.4 Å². The average Bonchev–Trinajstić information content (AvgIpc) is 2.56. The molecule has 2 rings (SSSR count). The van der Waals surface area contributed by atoms with Gasteiger partial charge in [0.05, 0.1) is 0 Å². The summed E-state index contributed by atoms with van der Waals surface area (Å²) >= 11 is 0. The topological polar surface area (TPSA) is 34.1 Å². The van der Waals surface area contributed by atoms with Gasteiger partial charge in [0.1, 0.15) is 12.6 Å². The number of benzene rings is 2. The molecule has 2 aromatic rings. The van der Waals surface area contributed by atoms with Gasteiger partial charge in [-0.1, -0.05) is 60.7 Å². The van der Waals surface area contributed by atoms with E-state index in [0.29, 0.717) is 6.42 Å². The van der Waals surface area contributed by atoms with Gasteiger partial charge in [0, 0.05) is 12.1 Å². The van der Waals surface area contributed by atoms with Crippen molar-refractivity contribution in [1.29, 1.82) is 0 Å². The third-order valence-electron chi connectivity index (χ3n) is 3.38. The maximum atomic E-state index is 11.6. The molecule has 1 unspecified atom stereocenters. The fourth-order valence-electron chi connectivity index (χ4n) is 2.38. The van der Waals surface area contributed by atoms with Gasteiger partial charge in [0.25, 0.3) is 0 Å². The Labute approximate surface area is 127 Å². The van der Waals surface area contributed by atoms with Crippen LogP contribution in [0.25, 0.3) is 0 Å². The maximum absolute atomic E-state index is 11.6. The first-order chi connectivity index (χ1) is 10.4. The van der Waals surface area contributed by atoms with Crippen molar-refractivity contribution in [2.75, 3.05) is 0 Å². The number of aldehydes is 2. The normalized spacial score (nSPS) is 12.0. The van der Waals surface area contributed by atoms with Crippen LogP contribution in [0.1, 0.15) is 19.3 Å². The summed E-state index contributed by atoms with van der Waals surface area (Å²) in [7, 11) is -0.715. The molecule has 0 amide bonds. The quantitative estimate of drug-likeness (QED) is 0.426. The zero-order valence-electron chi connectivity index (χ0n) is 11.9. The Morgan fingerprint density at radius 2 is 1.38 bits per heavy atom. The molecule has 0 aliphatic carbocycles. The summed E-state index contributed by atoms with van der Waals surface area (Å²) < 4.78 is 0. The van der Waals surface area contributed by atoms with E-state index in [-0.39, 0.29) is 5.66 Å². The average molecular weight is 298 g/mol. The molecule has 0 N–H and O–H groups in total. The van der Waals surface area contributed by atoms with E-state index in [2.05, 4.69) is 24.3 Å². The van der Waals surface area contributed by atoms with Crippen LogP contribution in [0, 0.1) is 0 Å². The summed E-state index contributed by atoms with van der Waals surface area (Å²) in [6, 6.07) is 20.4. The summed E-state index contributed by atoms with van der Waals surface area (Å²) in [5.41, 5.74) is -0.0373. The van der Waals surface area contributed by atoms with Gasteiger partial charge in [-0.2, -0.15) is 0 Å². The number of unbranched alkanes of at least 4 members (excludes halogenated alkanes) is 1. The third kappa shape index (κ3) is 4.34. The molecule has 0 radical (unpaired) electrons. The van der Waals surface area contributed by atoms with E-state index in [4.69, 9.17) is 0 Å². The second-order valence-corrected chi connectivity index (χ2v) is 7.28. The van der Waals surface area contributed by atoms with Crippen molar-refractivity contribution in [2.45, 2.75) is 24.9 Å². The van der Waals surface area contributed by atoms with Crippen molar-refractivity contribution >= 4 is 31.1 Å². The summed E-state index contributed by atoms with van der Waals surface area (Å²) in [5.74, 6) is 0. The molecule has 0 heterocycles. The molecule has 0 aliphatic heterocycles. The Kier molecular flexibility index (Phi) is 6.30. The standard InChI is InChI=1S/C18H19O2P/c19-14-8-7-13-18(15-20)21(16-9-3-1-4-10-16)17-11-5-2-6-12-17/h1-6,9-12,14-15,18H,7-8,13H2. The van der Waals surface area contributed by atoms with Crippen molar-refractivity contribution in [1.82, 2.24) is 0 Å². The van der Waals surface area contributed by atoms with Gasteiger partial charge in [-0.25, -0.2) is 0 Å². The lowest BCUT2D eigenvalue weighted by Crippen LogP contribution is -2.22. The summed E-state index contributed by atoms with van der Waals surface area (Å²) in [6.45, 7) is 0. The van der Waals surface area contributed by atoms with Gasteiger partial charge in [-0.15, -0.1) is 0 Å². The van der Waals surface area contributed by atoms with E-state index < -0.39 is 7.92 Å². The molecular formula is C18H19O2P. The summed E-state index contributed by atoms with van der Waals surface area (Å²) in [6.07, 6.45) is 4.05. The molecule has 108 valence electrons. The van der Waals surface area contributed by atoms with Crippen LogP contribution in [0.3, 0.4) is 0 Å². The Morgan fingerprint density at radius 1 is 0.857 bits per heavy atom. The molecule has 1 atom stereocenters. The zero-order chi connectivity index (χ0) is 14.9. The van der Waals surface area contributed by atoms with Gasteiger partial charge < -0.3 is 9.59 Å². The molecule has 21 heavy (non-hydrogen) atoms. The highest BCUT2D eigenvalue weighted by molar-refractivity contribution is 7.74. The first kappa shape index (κ1) is 15.6. The highest BCUT2D eigenvalue weighted by Gasteiger charge is 2.23. The largest absolute Gasteiger partial charge is 0.303 e. The van der Waals surface area contributed by atoms with Crippen LogP contribution in [-0.4, -0.2) is 18.2 Å². The number of carbonyl (C=O) groups excluding carboxylic acids is 2. The Balaban J connectivity index is 2.31. The first-order valence-electron chi connectivity index (χ1n) is 7.15. The van der Waals surface area contributed by atoms with Crippen molar-refractivity contribution in [3.63, 3.8) is 0 Å². The first-order valence-corrected chi connectivity index (χ1v) is 8.56. The second kappa shape index (κ2) is 8.49. The molecule has 0 fully saturated rings. The second-order valence-electron chi connectivity index (χ2n) is 4.84. The fourth-order valence-corrected chi connectivity index (χ4v) is 4.99. The van der Waals surface area contributed by atoms with Crippen LogP contribution >= 0.6 is 7.92 Å². The molecule has 2 aromatic carbocycles. The predicted octanol–water partition coefficient (Wildman–Crippen LogP) is 3.06. The minimum atomic E-state index is -0.715. The third-order valence-corrected chi connectivity index (χ3v) is 6.13.